The summed E-state index contributed by atoms with van der Waals surface area (Å²) in [7, 11) is 39.9. The van der Waals surface area contributed by atoms with Crippen LogP contribution in [0.15, 0.2) is 107 Å². The number of thiophene rings is 2. The molecule has 59 heteroatoms. The molecule has 0 bridgehead atoms. The topological polar surface area (TPSA) is 305 Å². The Kier molecular flexibility index (Phi) is 45.9. The summed E-state index contributed by atoms with van der Waals surface area (Å²) in [5.41, 5.74) is 14.2. The van der Waals surface area contributed by atoms with E-state index in [9.17, 15) is 28.8 Å². The van der Waals surface area contributed by atoms with Crippen molar-refractivity contribution in [3.8, 4) is 34.2 Å². The summed E-state index contributed by atoms with van der Waals surface area (Å²) in [4.78, 5) is 87.8. The summed E-state index contributed by atoms with van der Waals surface area (Å²) in [5.74, 6) is 10.6. The zero-order valence-corrected chi connectivity index (χ0v) is 98.7. The van der Waals surface area contributed by atoms with Crippen molar-refractivity contribution in [2.24, 2.45) is 9.98 Å². The van der Waals surface area contributed by atoms with Crippen LogP contribution in [-0.4, -0.2) is 141 Å². The molecule has 6 aliphatic heterocycles. The molecular weight excluding hydrogens is 2450 g/mol. The first-order valence-corrected chi connectivity index (χ1v) is 77.4. The van der Waals surface area contributed by atoms with Gasteiger partial charge in [0.2, 0.25) is 23.6 Å². The molecule has 714 valence electrons. The van der Waals surface area contributed by atoms with Crippen molar-refractivity contribution in [1.29, 1.82) is 0 Å². The van der Waals surface area contributed by atoms with Gasteiger partial charge in [-0.25, -0.2) is 0 Å². The van der Waals surface area contributed by atoms with Crippen LogP contribution in [0.3, 0.4) is 0 Å². The van der Waals surface area contributed by atoms with Crippen molar-refractivity contribution in [3.63, 3.8) is 0 Å². The highest BCUT2D eigenvalue weighted by molar-refractivity contribution is 14.1. The van der Waals surface area contributed by atoms with Crippen molar-refractivity contribution in [1.82, 2.24) is 80.0 Å². The molecule has 16 rings (SSSR count). The van der Waals surface area contributed by atoms with E-state index < -0.39 is 23.9 Å². The number of rotatable bonds is 16. The minimum Gasteiger partial charge on any atom is -0.385 e. The maximum absolute atomic E-state index is 13.1. The summed E-state index contributed by atoms with van der Waals surface area (Å²) in [6, 6.07) is 25.3. The van der Waals surface area contributed by atoms with Crippen LogP contribution in [-0.2, 0) is 303 Å². The summed E-state index contributed by atoms with van der Waals surface area (Å²) >= 11 is 36.8. The molecule has 4 aromatic carbocycles. The minimum absolute atomic E-state index is 0. The van der Waals surface area contributed by atoms with Crippen LogP contribution in [0.2, 0.25) is 10.0 Å². The van der Waals surface area contributed by atoms with E-state index in [2.05, 4.69) is 155 Å². The number of unbranched alkanes of at least 4 members (excludes halogenated alkanes) is 2. The van der Waals surface area contributed by atoms with Crippen LogP contribution < -0.4 is 21.3 Å². The van der Waals surface area contributed by atoms with Gasteiger partial charge in [0.1, 0.15) is 45.8 Å². The monoisotopic (exact) mass is 2520 g/mol. The Morgan fingerprint density at radius 2 is 0.881 bits per heavy atom. The third-order valence-corrected chi connectivity index (χ3v) is 73.1. The standard InChI is InChI=1S/C38H35ClN10O3S.C21H22N6O3.C17H14ClIN4S.S18.S10.H2/c1-21-31(53-38-33(21)34(24-9-11-25(39)12-10-24)41-22(2)35-45-43-23(3)49(35)38)15-13-26-19-47(46-44-26)18-5-4-17-40-29-8-6-7-27-28(29)20-48(37(27)52)30-14-16-32(50)42-36(30)51;1-2-14-12-26(25-24-14)11-4-3-10-22-17-7-5-6-15-16(17)13-27(21(15)30)18-8-9-19(28)23-20(18)29;1-8-13-14(11-4-6-12(18)7-5-11)20-9(2)16-22-21-10(3)23(16)17(13)24-15(8)19;1-3-5-7-9-11-13-15-17-18-16-14-12-10-8-6-4-2;1-3-5-7-9-10-8-6-4-2;/h6-12,19,22,30,40H,4-5,14,16-18,20H2,1-3H3,(H,42,50,51);1,5-7,12,18,22H,3-4,8-11,13H2,(H,23,28,29);4-7,9H,1-3H3;;;1H/t22-,30?;;9-;;;/m0.0.../s1. The molecule has 10 aromatic rings. The number of amides is 6. The largest absolute Gasteiger partial charge is 0.385 e. The molecule has 0 spiro atoms. The second kappa shape index (κ2) is 56.6. The van der Waals surface area contributed by atoms with Crippen molar-refractivity contribution in [3.05, 3.63) is 205 Å². The molecular formula is C76H73Cl2IN20O6S30. The van der Waals surface area contributed by atoms with Crippen LogP contribution >= 0.6 is 68.5 Å². The molecule has 6 aromatic heterocycles. The van der Waals surface area contributed by atoms with E-state index in [1.165, 1.54) is 49.5 Å². The van der Waals surface area contributed by atoms with Crippen LogP contribution in [0.4, 0.5) is 11.4 Å². The number of nitrogens with one attached hydrogen (secondary N) is 4. The zero-order valence-electron chi connectivity index (χ0n) is 70.5. The number of terminal acetylenes is 1. The second-order valence-electron chi connectivity index (χ2n) is 28.1. The van der Waals surface area contributed by atoms with E-state index in [4.69, 9.17) is 62.0 Å². The normalized spacial score (nSPS) is 15.4. The number of benzene rings is 4. The highest BCUT2D eigenvalue weighted by atomic mass is 127. The number of hydrogen-bond acceptors (Lipinski definition) is 24. The third kappa shape index (κ3) is 30.6. The van der Waals surface area contributed by atoms with Crippen molar-refractivity contribution < 1.29 is 30.2 Å². The molecule has 6 aliphatic rings. The number of hydrogen-bond donors (Lipinski definition) is 4. The van der Waals surface area contributed by atoms with Gasteiger partial charge in [0.25, 0.3) is 11.8 Å². The van der Waals surface area contributed by atoms with Gasteiger partial charge in [-0.3, -0.25) is 67.9 Å². The molecule has 0 radical (unpaired) electrons. The van der Waals surface area contributed by atoms with E-state index in [0.29, 0.717) is 66.6 Å². The summed E-state index contributed by atoms with van der Waals surface area (Å²) < 4.78 is 9.02. The van der Waals surface area contributed by atoms with Crippen molar-refractivity contribution >= 4 is 385 Å². The molecule has 2 unspecified atom stereocenters. The molecule has 12 heterocycles. The first-order chi connectivity index (χ1) is 65.5. The fourth-order valence-electron chi connectivity index (χ4n) is 14.1. The lowest BCUT2D eigenvalue weighted by atomic mass is 9.99. The molecule has 135 heavy (non-hydrogen) atoms. The smallest absolute Gasteiger partial charge is 0.255 e. The number of carbonyl (C=O) groups excluding carboxylic acids is 6. The summed E-state index contributed by atoms with van der Waals surface area (Å²) in [6.45, 7) is 15.8. The predicted molar refractivity (Wildman–Crippen MR) is 624 cm³/mol. The zero-order chi connectivity index (χ0) is 95.9. The van der Waals surface area contributed by atoms with Gasteiger partial charge in [-0.2, -0.15) is 0 Å². The average molecular weight is 2520 g/mol. The molecule has 4 atom stereocenters. The number of piperidine rings is 2. The number of halogens is 3. The molecule has 6 amide bonds. The van der Waals surface area contributed by atoms with Gasteiger partial charge in [0.05, 0.1) is 31.6 Å². The maximum Gasteiger partial charge on any atom is 0.255 e. The Balaban J connectivity index is 0.000000181. The van der Waals surface area contributed by atoms with Gasteiger partial charge in [-0.05, 0) is 180 Å². The van der Waals surface area contributed by atoms with Gasteiger partial charge in [-0.1, -0.05) is 70.0 Å². The second-order valence-corrected chi connectivity index (χ2v) is 75.3. The average Bonchev–Trinajstić information content (AvgIpc) is 1.59. The number of fused-ring (bicyclic) bond motifs is 8. The molecule has 2 saturated heterocycles. The quantitative estimate of drug-likeness (QED) is 0.0302. The van der Waals surface area contributed by atoms with Crippen molar-refractivity contribution in [2.75, 3.05) is 23.7 Å². The molecule has 2 fully saturated rings. The van der Waals surface area contributed by atoms with Gasteiger partial charge in [0, 0.05) is 377 Å². The van der Waals surface area contributed by atoms with Gasteiger partial charge >= 0.3 is 0 Å². The van der Waals surface area contributed by atoms with Crippen LogP contribution in [0.1, 0.15) is 184 Å². The number of aromatic nitrogens is 12. The number of nitrogens with zero attached hydrogens (tertiary/aromatic N) is 16. The van der Waals surface area contributed by atoms with Gasteiger partial charge in [-0.15, -0.1) is 59.7 Å². The number of carbonyl (C=O) groups is 6. The highest BCUT2D eigenvalue weighted by Crippen LogP contribution is 2.42. The Hall–Kier alpha value is -4.41. The predicted octanol–water partition coefficient (Wildman–Crippen LogP) is 11.4. The van der Waals surface area contributed by atoms with Gasteiger partial charge in [0.15, 0.2) is 23.0 Å². The Labute approximate surface area is 898 Å². The van der Waals surface area contributed by atoms with Gasteiger partial charge < -0.3 is 20.4 Å². The summed E-state index contributed by atoms with van der Waals surface area (Å²) in [5, 5.41) is 49.0. The Morgan fingerprint density at radius 3 is 1.27 bits per heavy atom. The number of anilines is 2. The Bertz CT molecular complexity index is 7620. The lowest BCUT2D eigenvalue weighted by Crippen LogP contribution is -2.52. The summed E-state index contributed by atoms with van der Waals surface area (Å²) in [6.07, 6.45) is 13.6. The third-order valence-electron chi connectivity index (χ3n) is 20.0. The lowest BCUT2D eigenvalue weighted by molar-refractivity contribution is -0.138. The van der Waals surface area contributed by atoms with Crippen LogP contribution in [0.25, 0.3) is 10.0 Å². The van der Waals surface area contributed by atoms with E-state index >= 15 is 0 Å². The van der Waals surface area contributed by atoms with Crippen LogP contribution in [0.5, 0.6) is 0 Å². The number of aliphatic imine (C=N–C) groups is 2. The van der Waals surface area contributed by atoms with E-state index in [-0.39, 0.29) is 50.0 Å². The van der Waals surface area contributed by atoms with E-state index in [1.807, 2.05) is 99.8 Å². The van der Waals surface area contributed by atoms with Crippen molar-refractivity contribution in [2.45, 2.75) is 143 Å². The fourth-order valence-corrected chi connectivity index (χ4v) is 72.4. The first kappa shape index (κ1) is 109. The number of aryl methyl sites for hydroxylation is 4. The fraction of sp³-hybridized carbons (Fsp3) is 0.316. The SMILES string of the molecule is C#Cc1cn(CCCCNc2cccc3c2CN(C2CCC(=O)NC2=O)C3=O)nn1.Cc1c(C#Cc2cn(CCCCNc3cccc4c3CN(C3CCC(=O)NC3=O)C4=O)nn2)sc2c1C(c1ccc(Cl)cc1)=N[C@@H](C)c1nnc(C)n1-2.Cc1c(I)sc2c1C(c1ccc(Cl)cc1)=N[C@@H](C)c1nnc(C)n1-2.S=S=S=S=S=S=S=S=S=S.S=S=S=S=S=S=S=S=S=S=S=S=S=S=S=S=S=S.[HH]. The van der Waals surface area contributed by atoms with E-state index in [1.54, 1.807) is 238 Å². The highest BCUT2D eigenvalue weighted by Gasteiger charge is 2.42. The maximum atomic E-state index is 13.1. The first-order valence-electron chi connectivity index (χ1n) is 39.3. The molecule has 0 aliphatic carbocycles. The Morgan fingerprint density at radius 1 is 0.496 bits per heavy atom. The lowest BCUT2D eigenvalue weighted by Gasteiger charge is -2.29. The van der Waals surface area contributed by atoms with E-state index in [0.717, 1.165) is 138 Å². The van der Waals surface area contributed by atoms with Crippen LogP contribution in [0, 0.1) is 54.8 Å². The molecule has 26 nitrogen and oxygen atoms in total. The minimum atomic E-state index is -0.638. The molecule has 0 saturated carbocycles. The number of imide groups is 2. The molecule has 4 N–H and O–H groups in total.